The van der Waals surface area contributed by atoms with E-state index in [1.54, 1.807) is 37.4 Å². The smallest absolute Gasteiger partial charge is 0.316 e. The molecule has 0 radical (unpaired) electrons. The van der Waals surface area contributed by atoms with Crippen LogP contribution in [0.1, 0.15) is 27.3 Å². The zero-order valence-electron chi connectivity index (χ0n) is 19.9. The van der Waals surface area contributed by atoms with Gasteiger partial charge >= 0.3 is 6.03 Å². The van der Waals surface area contributed by atoms with E-state index in [0.717, 1.165) is 12.0 Å². The highest BCUT2D eigenvalue weighted by atomic mass is 19.1. The van der Waals surface area contributed by atoms with Crippen molar-refractivity contribution in [2.75, 3.05) is 19.0 Å². The van der Waals surface area contributed by atoms with Crippen LogP contribution in [0.25, 0.3) is 16.8 Å². The van der Waals surface area contributed by atoms with Gasteiger partial charge < -0.3 is 26.8 Å². The van der Waals surface area contributed by atoms with Crippen LogP contribution in [0.4, 0.5) is 14.9 Å². The fourth-order valence-electron chi connectivity index (χ4n) is 3.87. The number of rotatable bonds is 8. The number of nitrogens with zero attached hydrogens (tertiary/aromatic N) is 2. The number of carbonyl (C=O) groups excluding carboxylic acids is 3. The van der Waals surface area contributed by atoms with Crippen LogP contribution < -0.4 is 22.1 Å². The quantitative estimate of drug-likeness (QED) is 0.371. The molecule has 4 amide bonds. The van der Waals surface area contributed by atoms with Crippen LogP contribution in [-0.4, -0.2) is 47.4 Å². The number of methoxy groups -OCH3 is 1. The number of ether oxygens (including phenoxy) is 1. The van der Waals surface area contributed by atoms with Crippen molar-refractivity contribution < 1.29 is 23.5 Å². The van der Waals surface area contributed by atoms with Gasteiger partial charge in [0.25, 0.3) is 11.8 Å². The standard InChI is InChI=1S/C26H25FN6O4/c1-37-19-4-2-3-15(11-19)13-30-25(35)20-10-7-17(12-21(20)27)16-5-8-18(9-6-16)33-14-22(31-26(29)36)23(32-33)24(28)34/h2-3,5-12,14,19H,4,13H2,1H3,(H2,28,34)(H,30,35)(H3,29,31,36). The van der Waals surface area contributed by atoms with Gasteiger partial charge in [-0.1, -0.05) is 36.4 Å². The Labute approximate surface area is 211 Å². The lowest BCUT2D eigenvalue weighted by Crippen LogP contribution is -2.27. The van der Waals surface area contributed by atoms with E-state index < -0.39 is 23.7 Å². The van der Waals surface area contributed by atoms with Crippen molar-refractivity contribution in [2.24, 2.45) is 11.5 Å². The molecule has 3 aromatic rings. The van der Waals surface area contributed by atoms with Gasteiger partial charge in [-0.25, -0.2) is 13.9 Å². The Morgan fingerprint density at radius 1 is 1.14 bits per heavy atom. The number of primary amides is 2. The Kier molecular flexibility index (Phi) is 7.44. The van der Waals surface area contributed by atoms with E-state index in [2.05, 4.69) is 15.7 Å². The number of nitrogens with one attached hydrogen (secondary N) is 2. The molecule has 2 aromatic carbocycles. The van der Waals surface area contributed by atoms with E-state index in [0.29, 0.717) is 16.8 Å². The maximum Gasteiger partial charge on any atom is 0.316 e. The average molecular weight is 505 g/mol. The second-order valence-electron chi connectivity index (χ2n) is 8.27. The van der Waals surface area contributed by atoms with Crippen LogP contribution in [0.2, 0.25) is 0 Å². The Hall–Kier alpha value is -4.77. The maximum absolute atomic E-state index is 14.8. The third kappa shape index (κ3) is 5.90. The molecule has 0 aliphatic heterocycles. The fraction of sp³-hybridized carbons (Fsp3) is 0.154. The summed E-state index contributed by atoms with van der Waals surface area (Å²) in [6.07, 6.45) is 7.95. The van der Waals surface area contributed by atoms with E-state index in [1.165, 1.54) is 23.0 Å². The number of urea groups is 1. The van der Waals surface area contributed by atoms with E-state index in [4.69, 9.17) is 16.2 Å². The van der Waals surface area contributed by atoms with E-state index >= 15 is 0 Å². The van der Waals surface area contributed by atoms with Crippen molar-refractivity contribution in [3.8, 4) is 16.8 Å². The minimum Gasteiger partial charge on any atom is -0.377 e. The second kappa shape index (κ2) is 10.9. The van der Waals surface area contributed by atoms with Crippen molar-refractivity contribution >= 4 is 23.5 Å². The first-order valence-electron chi connectivity index (χ1n) is 11.3. The van der Waals surface area contributed by atoms with Crippen molar-refractivity contribution in [3.05, 3.63) is 89.5 Å². The summed E-state index contributed by atoms with van der Waals surface area (Å²) in [6.45, 7) is 0.263. The molecule has 0 fully saturated rings. The predicted octanol–water partition coefficient (Wildman–Crippen LogP) is 2.90. The molecule has 0 saturated carbocycles. The van der Waals surface area contributed by atoms with Crippen LogP contribution in [0.15, 0.2) is 72.5 Å². The molecular weight excluding hydrogens is 479 g/mol. The second-order valence-corrected chi connectivity index (χ2v) is 8.27. The lowest BCUT2D eigenvalue weighted by molar-refractivity contribution is 0.0951. The van der Waals surface area contributed by atoms with E-state index in [9.17, 15) is 18.8 Å². The normalized spacial score (nSPS) is 14.6. The Morgan fingerprint density at radius 2 is 1.86 bits per heavy atom. The summed E-state index contributed by atoms with van der Waals surface area (Å²) in [5.41, 5.74) is 13.0. The molecule has 10 nitrogen and oxygen atoms in total. The lowest BCUT2D eigenvalue weighted by atomic mass is 10.0. The van der Waals surface area contributed by atoms with E-state index in [-0.39, 0.29) is 29.6 Å². The fourth-order valence-corrected chi connectivity index (χ4v) is 3.87. The SMILES string of the molecule is COC1C=C(CNC(=O)c2ccc(-c3ccc(-n4cc(NC(N)=O)c(C(N)=O)n4)cc3)cc2F)C=CC1. The van der Waals surface area contributed by atoms with Crippen LogP contribution in [0, 0.1) is 5.82 Å². The number of nitrogens with two attached hydrogens (primary N) is 2. The third-order valence-electron chi connectivity index (χ3n) is 5.74. The van der Waals surface area contributed by atoms with Crippen molar-refractivity contribution in [1.29, 1.82) is 0 Å². The van der Waals surface area contributed by atoms with Crippen molar-refractivity contribution in [2.45, 2.75) is 12.5 Å². The monoisotopic (exact) mass is 504 g/mol. The lowest BCUT2D eigenvalue weighted by Gasteiger charge is -2.15. The summed E-state index contributed by atoms with van der Waals surface area (Å²) in [7, 11) is 1.62. The molecule has 6 N–H and O–H groups in total. The number of anilines is 1. The van der Waals surface area contributed by atoms with Crippen molar-refractivity contribution in [3.63, 3.8) is 0 Å². The number of carbonyl (C=O) groups is 3. The summed E-state index contributed by atoms with van der Waals surface area (Å²) in [4.78, 5) is 35.3. The molecule has 11 heteroatoms. The van der Waals surface area contributed by atoms with Gasteiger partial charge in [0.05, 0.1) is 29.2 Å². The molecule has 1 aromatic heterocycles. The highest BCUT2D eigenvalue weighted by Crippen LogP contribution is 2.25. The van der Waals surface area contributed by atoms with Gasteiger partial charge in [0.15, 0.2) is 5.69 Å². The Bertz CT molecular complexity index is 1410. The highest BCUT2D eigenvalue weighted by Gasteiger charge is 2.17. The summed E-state index contributed by atoms with van der Waals surface area (Å²) in [6, 6.07) is 10.4. The molecule has 1 heterocycles. The van der Waals surface area contributed by atoms with Gasteiger partial charge in [0, 0.05) is 13.7 Å². The molecule has 0 bridgehead atoms. The molecule has 1 atom stereocenters. The van der Waals surface area contributed by atoms with Gasteiger partial charge in [0.2, 0.25) is 0 Å². The van der Waals surface area contributed by atoms with Crippen LogP contribution in [-0.2, 0) is 4.74 Å². The summed E-state index contributed by atoms with van der Waals surface area (Å²) >= 11 is 0. The van der Waals surface area contributed by atoms with Gasteiger partial charge in [-0.05, 0) is 47.4 Å². The van der Waals surface area contributed by atoms with Crippen LogP contribution >= 0.6 is 0 Å². The first-order valence-corrected chi connectivity index (χ1v) is 11.3. The molecule has 1 aliphatic rings. The average Bonchev–Trinajstić information content (AvgIpc) is 3.31. The van der Waals surface area contributed by atoms with Gasteiger partial charge in [0.1, 0.15) is 5.82 Å². The van der Waals surface area contributed by atoms with Gasteiger partial charge in [-0.3, -0.25) is 9.59 Å². The number of aromatic nitrogens is 2. The molecule has 0 saturated heterocycles. The first-order chi connectivity index (χ1) is 17.7. The van der Waals surface area contributed by atoms with E-state index in [1.807, 2.05) is 18.2 Å². The zero-order chi connectivity index (χ0) is 26.5. The first kappa shape index (κ1) is 25.3. The minimum absolute atomic E-state index is 0.0355. The summed E-state index contributed by atoms with van der Waals surface area (Å²) < 4.78 is 21.5. The number of hydrogen-bond donors (Lipinski definition) is 4. The van der Waals surface area contributed by atoms with Gasteiger partial charge in [-0.15, -0.1) is 0 Å². The Morgan fingerprint density at radius 3 is 2.51 bits per heavy atom. The molecule has 4 rings (SSSR count). The molecular formula is C26H25FN6O4. The summed E-state index contributed by atoms with van der Waals surface area (Å²) in [5, 5.41) is 9.13. The van der Waals surface area contributed by atoms with Crippen LogP contribution in [0.3, 0.4) is 0 Å². The molecule has 37 heavy (non-hydrogen) atoms. The van der Waals surface area contributed by atoms with Crippen molar-refractivity contribution in [1.82, 2.24) is 15.1 Å². The number of hydrogen-bond acceptors (Lipinski definition) is 5. The minimum atomic E-state index is -0.862. The Balaban J connectivity index is 1.47. The number of amides is 4. The predicted molar refractivity (Wildman–Crippen MR) is 136 cm³/mol. The molecule has 190 valence electrons. The number of halogens is 1. The zero-order valence-corrected chi connectivity index (χ0v) is 19.9. The highest BCUT2D eigenvalue weighted by molar-refractivity contribution is 6.00. The topological polar surface area (TPSA) is 154 Å². The number of benzene rings is 2. The molecule has 1 aliphatic carbocycles. The molecule has 1 unspecified atom stereocenters. The maximum atomic E-state index is 14.8. The third-order valence-corrected chi connectivity index (χ3v) is 5.74. The van der Waals surface area contributed by atoms with Crippen LogP contribution in [0.5, 0.6) is 0 Å². The summed E-state index contributed by atoms with van der Waals surface area (Å²) in [5.74, 6) is -2.00. The largest absolute Gasteiger partial charge is 0.377 e. The van der Waals surface area contributed by atoms with Gasteiger partial charge in [-0.2, -0.15) is 5.10 Å². The molecule has 0 spiro atoms.